The molecule has 6 heteroatoms. The van der Waals surface area contributed by atoms with Gasteiger partial charge in [0, 0.05) is 24.0 Å². The summed E-state index contributed by atoms with van der Waals surface area (Å²) >= 11 is 0. The van der Waals surface area contributed by atoms with Crippen LogP contribution in [0.4, 0.5) is 0 Å². The minimum Gasteiger partial charge on any atom is -0.473 e. The molecule has 0 aliphatic heterocycles. The van der Waals surface area contributed by atoms with Crippen LogP contribution in [0.15, 0.2) is 61.2 Å². The van der Waals surface area contributed by atoms with E-state index in [9.17, 15) is 4.79 Å². The SMILES string of the molecule is CCOC(=O)c1cncc(-c2cc(OCc3ccccc3)ncn2)c1. The Balaban J connectivity index is 1.77. The first-order valence-electron chi connectivity index (χ1n) is 7.87. The predicted molar refractivity (Wildman–Crippen MR) is 92.0 cm³/mol. The Labute approximate surface area is 145 Å². The van der Waals surface area contributed by atoms with Gasteiger partial charge >= 0.3 is 5.97 Å². The number of esters is 1. The number of pyridine rings is 1. The summed E-state index contributed by atoms with van der Waals surface area (Å²) in [4.78, 5) is 24.3. The quantitative estimate of drug-likeness (QED) is 0.644. The highest BCUT2D eigenvalue weighted by atomic mass is 16.5. The first-order valence-corrected chi connectivity index (χ1v) is 7.87. The van der Waals surface area contributed by atoms with E-state index in [0.29, 0.717) is 35.9 Å². The molecule has 0 saturated heterocycles. The van der Waals surface area contributed by atoms with Crippen LogP contribution >= 0.6 is 0 Å². The average Bonchev–Trinajstić information content (AvgIpc) is 2.68. The Morgan fingerprint density at radius 1 is 1.08 bits per heavy atom. The van der Waals surface area contributed by atoms with Crippen molar-refractivity contribution in [3.63, 3.8) is 0 Å². The minimum absolute atomic E-state index is 0.314. The molecule has 0 atom stereocenters. The summed E-state index contributed by atoms with van der Waals surface area (Å²) in [5.74, 6) is 0.0434. The molecule has 2 aromatic heterocycles. The fourth-order valence-corrected chi connectivity index (χ4v) is 2.21. The van der Waals surface area contributed by atoms with Crippen molar-refractivity contribution < 1.29 is 14.3 Å². The van der Waals surface area contributed by atoms with E-state index in [-0.39, 0.29) is 0 Å². The topological polar surface area (TPSA) is 74.2 Å². The third kappa shape index (κ3) is 4.38. The molecule has 0 fully saturated rings. The maximum Gasteiger partial charge on any atom is 0.339 e. The van der Waals surface area contributed by atoms with Crippen molar-refractivity contribution in [3.8, 4) is 17.1 Å². The van der Waals surface area contributed by atoms with E-state index < -0.39 is 5.97 Å². The van der Waals surface area contributed by atoms with Crippen molar-refractivity contribution in [2.45, 2.75) is 13.5 Å². The molecule has 2 heterocycles. The lowest BCUT2D eigenvalue weighted by Crippen LogP contribution is -2.05. The monoisotopic (exact) mass is 335 g/mol. The number of carbonyl (C=O) groups excluding carboxylic acids is 1. The number of aromatic nitrogens is 3. The van der Waals surface area contributed by atoms with Gasteiger partial charge in [-0.2, -0.15) is 0 Å². The van der Waals surface area contributed by atoms with E-state index in [1.807, 2.05) is 30.3 Å². The Hall–Kier alpha value is -3.28. The largest absolute Gasteiger partial charge is 0.473 e. The van der Waals surface area contributed by atoms with Crippen LogP contribution in [-0.2, 0) is 11.3 Å². The highest BCUT2D eigenvalue weighted by Gasteiger charge is 2.10. The highest BCUT2D eigenvalue weighted by molar-refractivity contribution is 5.90. The molecule has 0 amide bonds. The van der Waals surface area contributed by atoms with Crippen molar-refractivity contribution in [2.24, 2.45) is 0 Å². The zero-order valence-electron chi connectivity index (χ0n) is 13.8. The number of hydrogen-bond donors (Lipinski definition) is 0. The van der Waals surface area contributed by atoms with Crippen LogP contribution in [0.5, 0.6) is 5.88 Å². The molecule has 0 saturated carbocycles. The number of carbonyl (C=O) groups is 1. The van der Waals surface area contributed by atoms with Gasteiger partial charge in [0.1, 0.15) is 12.9 Å². The van der Waals surface area contributed by atoms with Gasteiger partial charge in [-0.3, -0.25) is 4.98 Å². The second kappa shape index (κ2) is 8.01. The van der Waals surface area contributed by atoms with E-state index >= 15 is 0 Å². The lowest BCUT2D eigenvalue weighted by Gasteiger charge is -2.07. The third-order valence-corrected chi connectivity index (χ3v) is 3.42. The van der Waals surface area contributed by atoms with Crippen molar-refractivity contribution in [1.29, 1.82) is 0 Å². The Morgan fingerprint density at radius 2 is 1.92 bits per heavy atom. The molecule has 0 radical (unpaired) electrons. The van der Waals surface area contributed by atoms with E-state index in [0.717, 1.165) is 5.56 Å². The lowest BCUT2D eigenvalue weighted by atomic mass is 10.1. The van der Waals surface area contributed by atoms with Gasteiger partial charge in [0.15, 0.2) is 0 Å². The number of rotatable bonds is 6. The fraction of sp³-hybridized carbons (Fsp3) is 0.158. The van der Waals surface area contributed by atoms with Gasteiger partial charge in [0.05, 0.1) is 17.9 Å². The number of nitrogens with zero attached hydrogens (tertiary/aromatic N) is 3. The maximum absolute atomic E-state index is 11.8. The molecular weight excluding hydrogens is 318 g/mol. The maximum atomic E-state index is 11.8. The molecule has 3 rings (SSSR count). The second-order valence-electron chi connectivity index (χ2n) is 5.20. The molecule has 0 aliphatic carbocycles. The van der Waals surface area contributed by atoms with E-state index in [4.69, 9.17) is 9.47 Å². The summed E-state index contributed by atoms with van der Waals surface area (Å²) in [5.41, 5.74) is 2.74. The van der Waals surface area contributed by atoms with Crippen molar-refractivity contribution in [2.75, 3.05) is 6.61 Å². The van der Waals surface area contributed by atoms with Crippen LogP contribution in [0, 0.1) is 0 Å². The molecular formula is C19H17N3O3. The van der Waals surface area contributed by atoms with Gasteiger partial charge in [-0.1, -0.05) is 30.3 Å². The zero-order valence-corrected chi connectivity index (χ0v) is 13.8. The van der Waals surface area contributed by atoms with Crippen LogP contribution in [0.1, 0.15) is 22.8 Å². The first-order chi connectivity index (χ1) is 12.3. The predicted octanol–water partition coefficient (Wildman–Crippen LogP) is 3.29. The van der Waals surface area contributed by atoms with Crippen LogP contribution in [0.2, 0.25) is 0 Å². The summed E-state index contributed by atoms with van der Waals surface area (Å²) in [7, 11) is 0. The lowest BCUT2D eigenvalue weighted by molar-refractivity contribution is 0.0526. The third-order valence-electron chi connectivity index (χ3n) is 3.42. The smallest absolute Gasteiger partial charge is 0.339 e. The van der Waals surface area contributed by atoms with Crippen LogP contribution < -0.4 is 4.74 Å². The summed E-state index contributed by atoms with van der Waals surface area (Å²) in [6, 6.07) is 13.2. The van der Waals surface area contributed by atoms with Crippen molar-refractivity contribution in [3.05, 3.63) is 72.3 Å². The molecule has 0 aliphatic rings. The van der Waals surface area contributed by atoms with Crippen LogP contribution in [0.3, 0.4) is 0 Å². The van der Waals surface area contributed by atoms with Crippen LogP contribution in [-0.4, -0.2) is 27.5 Å². The van der Waals surface area contributed by atoms with E-state index in [1.54, 1.807) is 25.3 Å². The molecule has 25 heavy (non-hydrogen) atoms. The zero-order chi connectivity index (χ0) is 17.5. The van der Waals surface area contributed by atoms with Gasteiger partial charge < -0.3 is 9.47 Å². The molecule has 1 aromatic carbocycles. The molecule has 0 N–H and O–H groups in total. The number of hydrogen-bond acceptors (Lipinski definition) is 6. The summed E-state index contributed by atoms with van der Waals surface area (Å²) < 4.78 is 10.7. The first kappa shape index (κ1) is 16.6. The molecule has 3 aromatic rings. The minimum atomic E-state index is -0.411. The number of ether oxygens (including phenoxy) is 2. The van der Waals surface area contributed by atoms with Gasteiger partial charge in [-0.25, -0.2) is 14.8 Å². The summed E-state index contributed by atoms with van der Waals surface area (Å²) in [5, 5.41) is 0. The summed E-state index contributed by atoms with van der Waals surface area (Å²) in [6.45, 7) is 2.49. The normalized spacial score (nSPS) is 10.3. The number of benzene rings is 1. The fourth-order valence-electron chi connectivity index (χ4n) is 2.21. The Morgan fingerprint density at radius 3 is 2.72 bits per heavy atom. The Bertz CT molecular complexity index is 853. The van der Waals surface area contributed by atoms with Gasteiger partial charge in [-0.15, -0.1) is 0 Å². The average molecular weight is 335 g/mol. The Kier molecular flexibility index (Phi) is 5.31. The molecule has 126 valence electrons. The molecule has 6 nitrogen and oxygen atoms in total. The van der Waals surface area contributed by atoms with E-state index in [2.05, 4.69) is 15.0 Å². The van der Waals surface area contributed by atoms with E-state index in [1.165, 1.54) is 12.5 Å². The molecule has 0 spiro atoms. The molecule has 0 unspecified atom stereocenters. The molecule has 0 bridgehead atoms. The highest BCUT2D eigenvalue weighted by Crippen LogP contribution is 2.21. The van der Waals surface area contributed by atoms with Crippen molar-refractivity contribution >= 4 is 5.97 Å². The second-order valence-corrected chi connectivity index (χ2v) is 5.20. The standard InChI is InChI=1S/C19H17N3O3/c1-2-24-19(23)16-8-15(10-20-11-16)17-9-18(22-13-21-17)25-12-14-6-4-3-5-7-14/h3-11,13H,2,12H2,1H3. The van der Waals surface area contributed by atoms with Gasteiger partial charge in [0.2, 0.25) is 5.88 Å². The van der Waals surface area contributed by atoms with Crippen molar-refractivity contribution in [1.82, 2.24) is 15.0 Å². The van der Waals surface area contributed by atoms with Gasteiger partial charge in [-0.05, 0) is 18.6 Å². The van der Waals surface area contributed by atoms with Crippen LogP contribution in [0.25, 0.3) is 11.3 Å². The van der Waals surface area contributed by atoms with Gasteiger partial charge in [0.25, 0.3) is 0 Å². The summed E-state index contributed by atoms with van der Waals surface area (Å²) in [6.07, 6.45) is 4.52.